The third-order valence-electron chi connectivity index (χ3n) is 2.07. The molecule has 0 aliphatic carbocycles. The maximum atomic E-state index is 11.5. The van der Waals surface area contributed by atoms with Gasteiger partial charge in [0, 0.05) is 18.0 Å². The molecule has 7 nitrogen and oxygen atoms in total. The van der Waals surface area contributed by atoms with Crippen LogP contribution in [0, 0.1) is 0 Å². The van der Waals surface area contributed by atoms with Gasteiger partial charge in [0.05, 0.1) is 5.69 Å². The lowest BCUT2D eigenvalue weighted by Crippen LogP contribution is -2.29. The highest BCUT2D eigenvalue weighted by atomic mass is 16.4. The van der Waals surface area contributed by atoms with Crippen molar-refractivity contribution in [2.75, 3.05) is 11.6 Å². The molecule has 1 aromatic rings. The van der Waals surface area contributed by atoms with Crippen LogP contribution >= 0.6 is 0 Å². The second-order valence-corrected chi connectivity index (χ2v) is 3.37. The zero-order valence-corrected chi connectivity index (χ0v) is 11.5. The van der Waals surface area contributed by atoms with E-state index in [4.69, 9.17) is 16.7 Å². The first kappa shape index (κ1) is 17.5. The van der Waals surface area contributed by atoms with Gasteiger partial charge in [0.25, 0.3) is 5.91 Å². The summed E-state index contributed by atoms with van der Waals surface area (Å²) in [6.45, 7) is 3.58. The van der Waals surface area contributed by atoms with Gasteiger partial charge in [-0.3, -0.25) is 14.6 Å². The topological polar surface area (TPSA) is 122 Å². The van der Waals surface area contributed by atoms with Crippen molar-refractivity contribution in [2.45, 2.75) is 13.8 Å². The smallest absolute Gasteiger partial charge is 0.322 e. The molecule has 0 fully saturated rings. The molecule has 1 rings (SSSR count). The van der Waals surface area contributed by atoms with Crippen LogP contribution < -0.4 is 21.9 Å². The predicted octanol–water partition coefficient (Wildman–Crippen LogP) is 0.637. The van der Waals surface area contributed by atoms with E-state index in [1.54, 1.807) is 12.1 Å². The summed E-state index contributed by atoms with van der Waals surface area (Å²) in [6, 6.07) is 6.32. The Morgan fingerprint density at radius 1 is 1.30 bits per heavy atom. The summed E-state index contributed by atoms with van der Waals surface area (Å²) in [7, 11) is 0. The van der Waals surface area contributed by atoms with Crippen molar-refractivity contribution in [1.29, 1.82) is 0 Å². The lowest BCUT2D eigenvalue weighted by Gasteiger charge is -2.13. The molecule has 0 heterocycles. The molecule has 0 spiro atoms. The van der Waals surface area contributed by atoms with E-state index in [1.807, 2.05) is 13.8 Å². The number of carbonyl (C=O) groups is 2. The van der Waals surface area contributed by atoms with E-state index in [9.17, 15) is 9.59 Å². The lowest BCUT2D eigenvalue weighted by molar-refractivity contribution is -0.135. The first-order valence-corrected chi connectivity index (χ1v) is 6.07. The number of nitrogens with one attached hydrogen (secondary N) is 1. The van der Waals surface area contributed by atoms with Crippen LogP contribution in [0.1, 0.15) is 24.2 Å². The number of nitrogens with two attached hydrogens (primary N) is 2. The Morgan fingerprint density at radius 2 is 1.85 bits per heavy atom. The molecule has 1 amide bonds. The van der Waals surface area contributed by atoms with E-state index in [2.05, 4.69) is 5.32 Å². The van der Waals surface area contributed by atoms with Crippen LogP contribution in [0.2, 0.25) is 0 Å². The van der Waals surface area contributed by atoms with Gasteiger partial charge in [-0.05, 0) is 24.3 Å². The Morgan fingerprint density at radius 3 is 2.30 bits per heavy atom. The van der Waals surface area contributed by atoms with Crippen LogP contribution in [0.5, 0.6) is 0 Å². The fourth-order valence-electron chi connectivity index (χ4n) is 1.22. The molecule has 0 aliphatic rings. The number of hydrogen-bond acceptors (Lipinski definition) is 5. The van der Waals surface area contributed by atoms with Gasteiger partial charge in [0.1, 0.15) is 6.54 Å². The molecule has 0 aromatic heterocycles. The number of anilines is 1. The third-order valence-corrected chi connectivity index (χ3v) is 2.07. The number of carboxylic acids is 1. The van der Waals surface area contributed by atoms with E-state index >= 15 is 0 Å². The van der Waals surface area contributed by atoms with Gasteiger partial charge < -0.3 is 16.2 Å². The van der Waals surface area contributed by atoms with Crippen LogP contribution in [0.4, 0.5) is 5.69 Å². The summed E-state index contributed by atoms with van der Waals surface area (Å²) in [5, 5.41) is 12.0. The largest absolute Gasteiger partial charge is 0.480 e. The van der Waals surface area contributed by atoms with Crippen LogP contribution in [-0.4, -0.2) is 23.5 Å². The Balaban J connectivity index is 0.00000172. The van der Waals surface area contributed by atoms with Crippen molar-refractivity contribution >= 4 is 17.6 Å². The second-order valence-electron chi connectivity index (χ2n) is 3.37. The zero-order valence-electron chi connectivity index (χ0n) is 11.5. The van der Waals surface area contributed by atoms with Crippen LogP contribution in [-0.2, 0) is 4.79 Å². The SMILES string of the molecule is CC.N/C=C\N(N)c1ccc(C(=O)NCC(=O)O)cc1. The molecule has 1 aromatic carbocycles. The summed E-state index contributed by atoms with van der Waals surface area (Å²) in [5.74, 6) is 4.07. The first-order chi connectivity index (χ1) is 9.54. The molecule has 0 saturated carbocycles. The molecule has 0 aliphatic heterocycles. The van der Waals surface area contributed by atoms with Gasteiger partial charge in [0.2, 0.25) is 0 Å². The van der Waals surface area contributed by atoms with Crippen molar-refractivity contribution in [1.82, 2.24) is 5.32 Å². The van der Waals surface area contributed by atoms with Gasteiger partial charge in [0.15, 0.2) is 0 Å². The number of aliphatic carboxylic acids is 1. The standard InChI is InChI=1S/C11H14N4O3.C2H6/c12-5-6-15(13)9-3-1-8(2-4-9)11(18)14-7-10(16)17;1-2/h1-6H,7,12-13H2,(H,14,18)(H,16,17);1-2H3/b6-5-;. The highest BCUT2D eigenvalue weighted by molar-refractivity contribution is 5.96. The van der Waals surface area contributed by atoms with Crippen molar-refractivity contribution < 1.29 is 14.7 Å². The molecule has 0 saturated heterocycles. The number of carbonyl (C=O) groups excluding carboxylic acids is 1. The number of hydrazine groups is 1. The molecule has 20 heavy (non-hydrogen) atoms. The maximum absolute atomic E-state index is 11.5. The summed E-state index contributed by atoms with van der Waals surface area (Å²) < 4.78 is 0. The van der Waals surface area contributed by atoms with Gasteiger partial charge in [-0.15, -0.1) is 0 Å². The van der Waals surface area contributed by atoms with E-state index in [0.29, 0.717) is 11.3 Å². The maximum Gasteiger partial charge on any atom is 0.322 e. The van der Waals surface area contributed by atoms with E-state index in [-0.39, 0.29) is 0 Å². The summed E-state index contributed by atoms with van der Waals surface area (Å²) in [4.78, 5) is 21.8. The molecule has 6 N–H and O–H groups in total. The number of rotatable bonds is 5. The van der Waals surface area contributed by atoms with Gasteiger partial charge >= 0.3 is 5.97 Å². The molecule has 0 bridgehead atoms. The Bertz CT molecular complexity index is 457. The summed E-state index contributed by atoms with van der Waals surface area (Å²) in [5.41, 5.74) is 6.19. The fraction of sp³-hybridized carbons (Fsp3) is 0.231. The minimum atomic E-state index is -1.10. The van der Waals surface area contributed by atoms with Gasteiger partial charge in [-0.2, -0.15) is 0 Å². The molecule has 0 radical (unpaired) electrons. The van der Waals surface area contributed by atoms with E-state index < -0.39 is 18.4 Å². The minimum Gasteiger partial charge on any atom is -0.480 e. The average molecular weight is 280 g/mol. The summed E-state index contributed by atoms with van der Waals surface area (Å²) in [6.07, 6.45) is 2.74. The monoisotopic (exact) mass is 280 g/mol. The highest BCUT2D eigenvalue weighted by Crippen LogP contribution is 2.12. The fourth-order valence-corrected chi connectivity index (χ4v) is 1.22. The molecular formula is C13H20N4O3. The normalized spacial score (nSPS) is 9.55. The minimum absolute atomic E-state index is 0.352. The van der Waals surface area contributed by atoms with Crippen molar-refractivity contribution in [2.24, 2.45) is 11.6 Å². The van der Waals surface area contributed by atoms with Crippen LogP contribution in [0.15, 0.2) is 36.7 Å². The quantitative estimate of drug-likeness (QED) is 0.464. The third kappa shape index (κ3) is 5.87. The van der Waals surface area contributed by atoms with Crippen LogP contribution in [0.25, 0.3) is 0 Å². The lowest BCUT2D eigenvalue weighted by atomic mass is 10.2. The highest BCUT2D eigenvalue weighted by Gasteiger charge is 2.07. The van der Waals surface area contributed by atoms with E-state index in [0.717, 1.165) is 0 Å². The van der Waals surface area contributed by atoms with Gasteiger partial charge in [-0.1, -0.05) is 13.8 Å². The van der Waals surface area contributed by atoms with Crippen molar-refractivity contribution in [3.8, 4) is 0 Å². The molecular weight excluding hydrogens is 260 g/mol. The predicted molar refractivity (Wildman–Crippen MR) is 77.8 cm³/mol. The number of nitrogens with zero attached hydrogens (tertiary/aromatic N) is 1. The zero-order chi connectivity index (χ0) is 15.5. The first-order valence-electron chi connectivity index (χ1n) is 6.07. The van der Waals surface area contributed by atoms with Crippen molar-refractivity contribution in [3.05, 3.63) is 42.2 Å². The Labute approximate surface area is 117 Å². The van der Waals surface area contributed by atoms with Crippen LogP contribution in [0.3, 0.4) is 0 Å². The number of amides is 1. The van der Waals surface area contributed by atoms with Crippen molar-refractivity contribution in [3.63, 3.8) is 0 Å². The summed E-state index contributed by atoms with van der Waals surface area (Å²) >= 11 is 0. The van der Waals surface area contributed by atoms with E-state index in [1.165, 1.54) is 29.5 Å². The van der Waals surface area contributed by atoms with Gasteiger partial charge in [-0.25, -0.2) is 5.84 Å². The number of hydrogen-bond donors (Lipinski definition) is 4. The molecule has 110 valence electrons. The Hall–Kier alpha value is -2.54. The number of carboxylic acid groups (broad SMARTS) is 1. The number of benzene rings is 1. The molecule has 0 atom stereocenters. The molecule has 0 unspecified atom stereocenters. The Kier molecular flexibility index (Phi) is 8.20. The average Bonchev–Trinajstić information content (AvgIpc) is 2.47. The molecule has 7 heteroatoms. The second kappa shape index (κ2) is 9.40.